The lowest BCUT2D eigenvalue weighted by molar-refractivity contribution is 0.246. The molecule has 2 aliphatic carbocycles. The molecular weight excluding hydrogens is 232 g/mol. The Morgan fingerprint density at radius 2 is 1.89 bits per heavy atom. The molecule has 1 unspecified atom stereocenters. The van der Waals surface area contributed by atoms with Gasteiger partial charge in [-0.1, -0.05) is 26.2 Å². The van der Waals surface area contributed by atoms with Crippen LogP contribution in [0.15, 0.2) is 12.3 Å². The molecule has 1 aromatic rings. The van der Waals surface area contributed by atoms with E-state index in [1.54, 1.807) is 0 Å². The topological polar surface area (TPSA) is 30.9 Å². The summed E-state index contributed by atoms with van der Waals surface area (Å²) in [4.78, 5) is 0. The molecule has 1 fully saturated rings. The van der Waals surface area contributed by atoms with Gasteiger partial charge in [0.15, 0.2) is 0 Å². The van der Waals surface area contributed by atoms with E-state index < -0.39 is 0 Å². The standard InChI is InChI=1S/C17H28N2/c1-2-13-6-8-14(9-7-13)12-19-11-10-15-16(18)4-3-5-17(15)19/h10-11,13-14,16H,2-9,12,18H2,1H3. The molecule has 2 heteroatoms. The first-order valence-electron chi connectivity index (χ1n) is 8.21. The molecule has 1 heterocycles. The van der Waals surface area contributed by atoms with Gasteiger partial charge < -0.3 is 10.3 Å². The number of nitrogens with zero attached hydrogens (tertiary/aromatic N) is 1. The van der Waals surface area contributed by atoms with Gasteiger partial charge in [0.25, 0.3) is 0 Å². The van der Waals surface area contributed by atoms with Gasteiger partial charge in [0.2, 0.25) is 0 Å². The molecular formula is C17H28N2. The van der Waals surface area contributed by atoms with Gasteiger partial charge in [-0.3, -0.25) is 0 Å². The third kappa shape index (κ3) is 2.74. The molecule has 2 N–H and O–H groups in total. The number of hydrogen-bond acceptors (Lipinski definition) is 1. The Labute approximate surface area is 117 Å². The van der Waals surface area contributed by atoms with Crippen LogP contribution < -0.4 is 5.73 Å². The zero-order valence-electron chi connectivity index (χ0n) is 12.3. The molecule has 1 atom stereocenters. The van der Waals surface area contributed by atoms with Gasteiger partial charge in [-0.15, -0.1) is 0 Å². The van der Waals surface area contributed by atoms with Crippen molar-refractivity contribution in [2.45, 2.75) is 70.9 Å². The number of hydrogen-bond donors (Lipinski definition) is 1. The lowest BCUT2D eigenvalue weighted by Gasteiger charge is -2.29. The van der Waals surface area contributed by atoms with Crippen molar-refractivity contribution in [2.75, 3.05) is 0 Å². The predicted molar refractivity (Wildman–Crippen MR) is 80.0 cm³/mol. The normalized spacial score (nSPS) is 31.2. The van der Waals surface area contributed by atoms with Crippen LogP contribution in [0.4, 0.5) is 0 Å². The SMILES string of the molecule is CCC1CCC(Cn2ccc3c2CCCC3N)CC1. The lowest BCUT2D eigenvalue weighted by atomic mass is 9.81. The number of aromatic nitrogens is 1. The maximum absolute atomic E-state index is 6.22. The Morgan fingerprint density at radius 1 is 1.16 bits per heavy atom. The minimum atomic E-state index is 0.292. The monoisotopic (exact) mass is 260 g/mol. The van der Waals surface area contributed by atoms with Crippen molar-refractivity contribution < 1.29 is 0 Å². The van der Waals surface area contributed by atoms with Crippen LogP contribution in [0, 0.1) is 11.8 Å². The van der Waals surface area contributed by atoms with Crippen molar-refractivity contribution in [1.29, 1.82) is 0 Å². The van der Waals surface area contributed by atoms with Gasteiger partial charge >= 0.3 is 0 Å². The molecule has 0 aliphatic heterocycles. The molecule has 2 nitrogen and oxygen atoms in total. The lowest BCUT2D eigenvalue weighted by Crippen LogP contribution is -2.22. The Kier molecular flexibility index (Phi) is 3.97. The maximum Gasteiger partial charge on any atom is 0.0312 e. The van der Waals surface area contributed by atoms with E-state index in [0.717, 1.165) is 11.8 Å². The van der Waals surface area contributed by atoms with Gasteiger partial charge in [0, 0.05) is 24.5 Å². The van der Waals surface area contributed by atoms with Gasteiger partial charge in [0.05, 0.1) is 0 Å². The number of fused-ring (bicyclic) bond motifs is 1. The fraction of sp³-hybridized carbons (Fsp3) is 0.765. The highest BCUT2D eigenvalue weighted by atomic mass is 15.0. The van der Waals surface area contributed by atoms with E-state index in [9.17, 15) is 0 Å². The zero-order chi connectivity index (χ0) is 13.2. The second kappa shape index (κ2) is 5.70. The van der Waals surface area contributed by atoms with Crippen LogP contribution in [0.2, 0.25) is 0 Å². The van der Waals surface area contributed by atoms with Crippen molar-refractivity contribution in [2.24, 2.45) is 17.6 Å². The summed E-state index contributed by atoms with van der Waals surface area (Å²) in [6.07, 6.45) is 13.1. The van der Waals surface area contributed by atoms with Crippen molar-refractivity contribution in [3.05, 3.63) is 23.5 Å². The average Bonchev–Trinajstić information content (AvgIpc) is 2.84. The van der Waals surface area contributed by atoms with E-state index in [0.29, 0.717) is 6.04 Å². The van der Waals surface area contributed by atoms with Crippen LogP contribution in [0.25, 0.3) is 0 Å². The van der Waals surface area contributed by atoms with Crippen LogP contribution in [-0.4, -0.2) is 4.57 Å². The first-order valence-corrected chi connectivity index (χ1v) is 8.21. The molecule has 106 valence electrons. The molecule has 0 radical (unpaired) electrons. The first-order chi connectivity index (χ1) is 9.28. The van der Waals surface area contributed by atoms with Crippen molar-refractivity contribution in [3.63, 3.8) is 0 Å². The molecule has 3 rings (SSSR count). The highest BCUT2D eigenvalue weighted by Crippen LogP contribution is 2.34. The first kappa shape index (κ1) is 13.2. The molecule has 0 bridgehead atoms. The van der Waals surface area contributed by atoms with Crippen LogP contribution in [0.5, 0.6) is 0 Å². The van der Waals surface area contributed by atoms with Crippen LogP contribution in [-0.2, 0) is 13.0 Å². The Hall–Kier alpha value is -0.760. The molecule has 0 spiro atoms. The molecule has 19 heavy (non-hydrogen) atoms. The predicted octanol–water partition coefficient (Wildman–Crippen LogP) is 4.04. The molecule has 1 saturated carbocycles. The Bertz CT molecular complexity index is 413. The highest BCUT2D eigenvalue weighted by Gasteiger charge is 2.24. The quantitative estimate of drug-likeness (QED) is 0.873. The minimum Gasteiger partial charge on any atom is -0.351 e. The van der Waals surface area contributed by atoms with Gasteiger partial charge in [-0.25, -0.2) is 0 Å². The molecule has 0 saturated heterocycles. The molecule has 0 aromatic carbocycles. The largest absolute Gasteiger partial charge is 0.351 e. The molecule has 0 amide bonds. The fourth-order valence-electron chi connectivity index (χ4n) is 4.06. The summed E-state index contributed by atoms with van der Waals surface area (Å²) in [7, 11) is 0. The summed E-state index contributed by atoms with van der Waals surface area (Å²) in [6, 6.07) is 2.57. The number of rotatable bonds is 3. The summed E-state index contributed by atoms with van der Waals surface area (Å²) in [5.41, 5.74) is 9.18. The average molecular weight is 260 g/mol. The third-order valence-electron chi connectivity index (χ3n) is 5.44. The van der Waals surface area contributed by atoms with Gasteiger partial charge in [-0.2, -0.15) is 0 Å². The van der Waals surface area contributed by atoms with Crippen LogP contribution >= 0.6 is 0 Å². The fourth-order valence-corrected chi connectivity index (χ4v) is 4.06. The van der Waals surface area contributed by atoms with Crippen LogP contribution in [0.1, 0.15) is 69.2 Å². The van der Waals surface area contributed by atoms with Crippen LogP contribution in [0.3, 0.4) is 0 Å². The van der Waals surface area contributed by atoms with E-state index in [1.165, 1.54) is 69.2 Å². The second-order valence-electron chi connectivity index (χ2n) is 6.66. The second-order valence-corrected chi connectivity index (χ2v) is 6.66. The molecule has 2 aliphatic rings. The van der Waals surface area contributed by atoms with E-state index in [-0.39, 0.29) is 0 Å². The van der Waals surface area contributed by atoms with E-state index in [2.05, 4.69) is 23.8 Å². The Balaban J connectivity index is 1.65. The summed E-state index contributed by atoms with van der Waals surface area (Å²) in [5.74, 6) is 1.90. The van der Waals surface area contributed by atoms with Gasteiger partial charge in [-0.05, 0) is 55.6 Å². The Morgan fingerprint density at radius 3 is 2.63 bits per heavy atom. The van der Waals surface area contributed by atoms with E-state index in [4.69, 9.17) is 5.73 Å². The van der Waals surface area contributed by atoms with Crippen molar-refractivity contribution in [1.82, 2.24) is 4.57 Å². The third-order valence-corrected chi connectivity index (χ3v) is 5.44. The van der Waals surface area contributed by atoms with Crippen molar-refractivity contribution >= 4 is 0 Å². The van der Waals surface area contributed by atoms with Crippen molar-refractivity contribution in [3.8, 4) is 0 Å². The minimum absolute atomic E-state index is 0.292. The van der Waals surface area contributed by atoms with E-state index >= 15 is 0 Å². The molecule has 1 aromatic heterocycles. The van der Waals surface area contributed by atoms with E-state index in [1.807, 2.05) is 0 Å². The summed E-state index contributed by atoms with van der Waals surface area (Å²) >= 11 is 0. The van der Waals surface area contributed by atoms with Gasteiger partial charge in [0.1, 0.15) is 0 Å². The zero-order valence-corrected chi connectivity index (χ0v) is 12.3. The summed E-state index contributed by atoms with van der Waals surface area (Å²) < 4.78 is 2.52. The summed E-state index contributed by atoms with van der Waals surface area (Å²) in [5, 5.41) is 0. The maximum atomic E-state index is 6.22. The number of nitrogens with two attached hydrogens (primary N) is 1. The highest BCUT2D eigenvalue weighted by molar-refractivity contribution is 5.28. The summed E-state index contributed by atoms with van der Waals surface area (Å²) in [6.45, 7) is 3.58. The smallest absolute Gasteiger partial charge is 0.0312 e.